The Kier molecular flexibility index (Phi) is 14.0. The van der Waals surface area contributed by atoms with E-state index in [0.29, 0.717) is 48.1 Å². The van der Waals surface area contributed by atoms with Gasteiger partial charge in [-0.05, 0) is 97.4 Å². The van der Waals surface area contributed by atoms with Gasteiger partial charge in [0.15, 0.2) is 0 Å². The largest absolute Gasteiger partial charge is 0.489 e. The maximum Gasteiger partial charge on any atom is 0.319 e. The zero-order valence-corrected chi connectivity index (χ0v) is 38.6. The number of urea groups is 1. The first kappa shape index (κ1) is 46.0. The highest BCUT2D eigenvalue weighted by molar-refractivity contribution is 6.21. The number of nitrogens with one attached hydrogen (secondary N) is 2. The molecule has 8 nitrogen and oxygen atoms in total. The minimum atomic E-state index is -0.421. The molecule has 0 aliphatic carbocycles. The van der Waals surface area contributed by atoms with Crippen LogP contribution in [0.2, 0.25) is 0 Å². The fraction of sp³-hybridized carbons (Fsp3) is 0.481. The molecule has 0 bridgehead atoms. The first-order valence-electron chi connectivity index (χ1n) is 21.7. The molecule has 0 radical (unpaired) electrons. The first-order valence-corrected chi connectivity index (χ1v) is 21.7. The van der Waals surface area contributed by atoms with E-state index in [1.807, 2.05) is 18.2 Å². The summed E-state index contributed by atoms with van der Waals surface area (Å²) in [6.07, 6.45) is 4.20. The number of ether oxygens (including phenoxy) is 2. The molecule has 1 aliphatic heterocycles. The molecule has 0 unspecified atom stereocenters. The predicted molar refractivity (Wildman–Crippen MR) is 245 cm³/mol. The molecule has 2 N–H and O–H groups in total. The highest BCUT2D eigenvalue weighted by Crippen LogP contribution is 2.35. The van der Waals surface area contributed by atoms with Crippen molar-refractivity contribution in [2.24, 2.45) is 0 Å². The second kappa shape index (κ2) is 18.2. The van der Waals surface area contributed by atoms with Gasteiger partial charge in [-0.1, -0.05) is 146 Å². The molecule has 4 aromatic rings. The Bertz CT molecular complexity index is 2030. The summed E-state index contributed by atoms with van der Waals surface area (Å²) in [5.41, 5.74) is 8.60. The van der Waals surface area contributed by atoms with Crippen LogP contribution in [-0.4, -0.2) is 29.3 Å². The lowest BCUT2D eigenvalue weighted by Crippen LogP contribution is -2.29. The molecule has 4 amide bonds. The van der Waals surface area contributed by atoms with E-state index in [1.165, 1.54) is 27.2 Å². The highest BCUT2D eigenvalue weighted by atomic mass is 16.5. The lowest BCUT2D eigenvalue weighted by atomic mass is 9.79. The van der Waals surface area contributed by atoms with Crippen molar-refractivity contribution in [2.75, 3.05) is 11.9 Å². The van der Waals surface area contributed by atoms with Gasteiger partial charge in [-0.2, -0.15) is 0 Å². The van der Waals surface area contributed by atoms with Gasteiger partial charge in [-0.3, -0.25) is 14.5 Å². The van der Waals surface area contributed by atoms with Crippen LogP contribution in [0.25, 0.3) is 0 Å². The molecule has 1 aliphatic rings. The molecular formula is C52H69N3O5. The van der Waals surface area contributed by atoms with Gasteiger partial charge in [0.1, 0.15) is 24.7 Å². The van der Waals surface area contributed by atoms with Gasteiger partial charge in [-0.15, -0.1) is 0 Å². The summed E-state index contributed by atoms with van der Waals surface area (Å²) in [6.45, 7) is 30.0. The van der Waals surface area contributed by atoms with Gasteiger partial charge in [0.05, 0.1) is 17.7 Å². The molecule has 8 heteroatoms. The minimum absolute atomic E-state index is 0.0161. The lowest BCUT2D eigenvalue weighted by molar-refractivity contribution is 0.0641. The molecule has 0 saturated carbocycles. The summed E-state index contributed by atoms with van der Waals surface area (Å²) < 4.78 is 13.1. The number of carbonyl (C=O) groups excluding carboxylic acids is 3. The first-order chi connectivity index (χ1) is 27.9. The third-order valence-electron chi connectivity index (χ3n) is 11.1. The SMILES string of the molecule is CCCCCCNC(=O)Nc1ccc2c(c1)C(=O)N(Cc1cc(OCc3cc(C(C)(C)C)cc(C(C)(C)C)c3)cc(OCc3cc(C(C)(C)C)cc(C(C)(C)C)c3)c1)C2=O. The van der Waals surface area contributed by atoms with Crippen LogP contribution in [0, 0.1) is 0 Å². The van der Waals surface area contributed by atoms with Crippen molar-refractivity contribution in [3.63, 3.8) is 0 Å². The molecular weight excluding hydrogens is 747 g/mol. The maximum absolute atomic E-state index is 13.9. The van der Waals surface area contributed by atoms with Crippen molar-refractivity contribution in [2.45, 2.75) is 157 Å². The second-order valence-electron chi connectivity index (χ2n) is 20.6. The molecule has 4 aromatic carbocycles. The van der Waals surface area contributed by atoms with Crippen LogP contribution in [0.1, 0.15) is 175 Å². The average molecular weight is 816 g/mol. The molecule has 322 valence electrons. The van der Waals surface area contributed by atoms with Crippen LogP contribution < -0.4 is 20.1 Å². The van der Waals surface area contributed by atoms with E-state index in [0.717, 1.165) is 36.8 Å². The topological polar surface area (TPSA) is 97.0 Å². The van der Waals surface area contributed by atoms with Crippen LogP contribution in [-0.2, 0) is 41.4 Å². The van der Waals surface area contributed by atoms with Crippen LogP contribution in [0.5, 0.6) is 11.5 Å². The summed E-state index contributed by atoms with van der Waals surface area (Å²) in [6, 6.07) is 23.6. The zero-order chi connectivity index (χ0) is 44.2. The molecule has 0 saturated heterocycles. The van der Waals surface area contributed by atoms with Crippen LogP contribution in [0.4, 0.5) is 10.5 Å². The Labute approximate surface area is 359 Å². The van der Waals surface area contributed by atoms with Gasteiger partial charge in [0.2, 0.25) is 0 Å². The molecule has 0 aromatic heterocycles. The van der Waals surface area contributed by atoms with Crippen LogP contribution in [0.15, 0.2) is 72.8 Å². The van der Waals surface area contributed by atoms with E-state index in [1.54, 1.807) is 18.2 Å². The van der Waals surface area contributed by atoms with Gasteiger partial charge in [0, 0.05) is 18.3 Å². The zero-order valence-electron chi connectivity index (χ0n) is 38.6. The third kappa shape index (κ3) is 12.0. The summed E-state index contributed by atoms with van der Waals surface area (Å²) in [5.74, 6) is 0.333. The number of carbonyl (C=O) groups is 3. The summed E-state index contributed by atoms with van der Waals surface area (Å²) >= 11 is 0. The fourth-order valence-corrected chi connectivity index (χ4v) is 7.13. The van der Waals surface area contributed by atoms with Crippen molar-refractivity contribution in [1.82, 2.24) is 10.2 Å². The molecule has 0 atom stereocenters. The quantitative estimate of drug-likeness (QED) is 0.0976. The number of fused-ring (bicyclic) bond motifs is 1. The van der Waals surface area contributed by atoms with E-state index >= 15 is 0 Å². The number of rotatable bonds is 14. The molecule has 60 heavy (non-hydrogen) atoms. The lowest BCUT2D eigenvalue weighted by Gasteiger charge is -2.26. The van der Waals surface area contributed by atoms with Crippen molar-refractivity contribution >= 4 is 23.5 Å². The molecule has 5 rings (SSSR count). The van der Waals surface area contributed by atoms with Gasteiger partial charge >= 0.3 is 6.03 Å². The van der Waals surface area contributed by atoms with Crippen LogP contribution in [0.3, 0.4) is 0 Å². The number of hydrogen-bond acceptors (Lipinski definition) is 5. The summed E-state index contributed by atoms with van der Waals surface area (Å²) in [7, 11) is 0. The number of benzene rings is 4. The minimum Gasteiger partial charge on any atom is -0.489 e. The van der Waals surface area contributed by atoms with E-state index < -0.39 is 11.8 Å². The smallest absolute Gasteiger partial charge is 0.319 e. The number of amides is 4. The van der Waals surface area contributed by atoms with E-state index in [9.17, 15) is 14.4 Å². The molecule has 1 heterocycles. The summed E-state index contributed by atoms with van der Waals surface area (Å²) in [5, 5.41) is 5.69. The highest BCUT2D eigenvalue weighted by Gasteiger charge is 2.36. The van der Waals surface area contributed by atoms with Crippen molar-refractivity contribution in [1.29, 1.82) is 0 Å². The summed E-state index contributed by atoms with van der Waals surface area (Å²) in [4.78, 5) is 41.5. The Morgan fingerprint density at radius 2 is 1.02 bits per heavy atom. The number of hydrogen-bond donors (Lipinski definition) is 2. The monoisotopic (exact) mass is 816 g/mol. The second-order valence-corrected chi connectivity index (χ2v) is 20.6. The number of unbranched alkanes of at least 4 members (excludes halogenated alkanes) is 3. The Morgan fingerprint density at radius 1 is 0.550 bits per heavy atom. The maximum atomic E-state index is 13.9. The average Bonchev–Trinajstić information content (AvgIpc) is 3.38. The third-order valence-corrected chi connectivity index (χ3v) is 11.1. The van der Waals surface area contributed by atoms with Crippen molar-refractivity contribution < 1.29 is 23.9 Å². The fourth-order valence-electron chi connectivity index (χ4n) is 7.13. The van der Waals surface area contributed by atoms with E-state index in [4.69, 9.17) is 9.47 Å². The van der Waals surface area contributed by atoms with Crippen molar-refractivity contribution in [3.05, 3.63) is 123 Å². The van der Waals surface area contributed by atoms with Gasteiger partial charge in [0.25, 0.3) is 11.8 Å². The normalized spacial score (nSPS) is 13.4. The molecule has 0 fully saturated rings. The Balaban J connectivity index is 1.43. The number of nitrogens with zero attached hydrogens (tertiary/aromatic N) is 1. The van der Waals surface area contributed by atoms with E-state index in [-0.39, 0.29) is 39.8 Å². The van der Waals surface area contributed by atoms with Crippen LogP contribution >= 0.6 is 0 Å². The Morgan fingerprint density at radius 3 is 1.47 bits per heavy atom. The van der Waals surface area contributed by atoms with Gasteiger partial charge < -0.3 is 20.1 Å². The van der Waals surface area contributed by atoms with E-state index in [2.05, 4.69) is 137 Å². The standard InChI is InChI=1S/C52H69N3O5/c1-14-15-16-17-20-53-48(58)54-41-18-19-44-45(29-41)47(57)55(46(44)56)31-34-25-42(59-32-35-21-37(49(2,3)4)27-38(22-35)50(5,6)7)30-43(26-34)60-33-36-23-39(51(8,9)10)28-40(24-36)52(11,12)13/h18-19,21-30H,14-17,20,31-33H2,1-13H3,(H2,53,54,58). The predicted octanol–water partition coefficient (Wildman–Crippen LogP) is 12.5. The Hall–Kier alpha value is -5.11. The number of imide groups is 1. The van der Waals surface area contributed by atoms with Crippen molar-refractivity contribution in [3.8, 4) is 11.5 Å². The molecule has 0 spiro atoms. The number of anilines is 1. The van der Waals surface area contributed by atoms with Gasteiger partial charge in [-0.25, -0.2) is 4.79 Å².